The van der Waals surface area contributed by atoms with Gasteiger partial charge in [0.2, 0.25) is 5.91 Å². The Morgan fingerprint density at radius 3 is 1.23 bits per heavy atom. The van der Waals surface area contributed by atoms with Crippen molar-refractivity contribution in [1.82, 2.24) is 5.32 Å². The van der Waals surface area contributed by atoms with Crippen molar-refractivity contribution in [3.63, 3.8) is 0 Å². The number of hydrogen-bond donors (Lipinski definition) is 15. The average molecular weight is 837 g/mol. The molecule has 0 unspecified atom stereocenters. The van der Waals surface area contributed by atoms with Gasteiger partial charge in [-0.15, -0.1) is 0 Å². The van der Waals surface area contributed by atoms with Crippen LogP contribution in [-0.4, -0.2) is 241 Å². The van der Waals surface area contributed by atoms with Crippen molar-refractivity contribution in [2.45, 2.75) is 155 Å². The Balaban J connectivity index is 1.26. The second-order valence-electron chi connectivity index (χ2n) is 14.4. The molecular weight excluding hydrogens is 776 g/mol. The van der Waals surface area contributed by atoms with E-state index < -0.39 is 149 Å². The number of nitrogens with one attached hydrogen (secondary N) is 1. The molecule has 1 amide bonds. The quantitative estimate of drug-likeness (QED) is 0.0506. The van der Waals surface area contributed by atoms with E-state index in [0.29, 0.717) is 25.8 Å². The van der Waals surface area contributed by atoms with Gasteiger partial charge in [0.05, 0.1) is 33.0 Å². The molecule has 0 aromatic rings. The molecule has 4 heterocycles. The summed E-state index contributed by atoms with van der Waals surface area (Å²) in [6, 6.07) is 0. The summed E-state index contributed by atoms with van der Waals surface area (Å²) < 4.78 is 44.0. The van der Waals surface area contributed by atoms with Crippen LogP contribution in [-0.2, 0) is 42.7 Å². The van der Waals surface area contributed by atoms with E-state index in [-0.39, 0.29) is 19.1 Å². The Bertz CT molecular complexity index is 1180. The highest BCUT2D eigenvalue weighted by Crippen LogP contribution is 2.29. The third kappa shape index (κ3) is 12.6. The topological polar surface area (TPSA) is 392 Å². The summed E-state index contributed by atoms with van der Waals surface area (Å²) in [5, 5.41) is 137. The van der Waals surface area contributed by atoms with Gasteiger partial charge in [-0.25, -0.2) is 0 Å². The first-order valence-corrected chi connectivity index (χ1v) is 18.9. The van der Waals surface area contributed by atoms with Crippen molar-refractivity contribution >= 4 is 5.91 Å². The molecule has 20 atom stereocenters. The van der Waals surface area contributed by atoms with E-state index in [1.54, 1.807) is 0 Å². The van der Waals surface area contributed by atoms with Crippen molar-refractivity contribution in [3.8, 4) is 0 Å². The van der Waals surface area contributed by atoms with Gasteiger partial charge in [-0.2, -0.15) is 0 Å². The maximum absolute atomic E-state index is 11.9. The zero-order chi connectivity index (χ0) is 42.0. The number of hydrogen-bond acceptors (Lipinski definition) is 23. The number of unbranched alkanes of at least 4 members (excludes halogenated alkanes) is 2. The molecule has 16 N–H and O–H groups in total. The van der Waals surface area contributed by atoms with Crippen LogP contribution in [0.5, 0.6) is 0 Å². The zero-order valence-corrected chi connectivity index (χ0v) is 31.1. The van der Waals surface area contributed by atoms with E-state index in [0.717, 1.165) is 12.8 Å². The minimum absolute atomic E-state index is 0.0107. The zero-order valence-electron chi connectivity index (χ0n) is 31.1. The number of carbonyl (C=O) groups excluding carboxylic acids is 1. The molecule has 334 valence electrons. The summed E-state index contributed by atoms with van der Waals surface area (Å²) in [6.07, 6.45) is -30.5. The van der Waals surface area contributed by atoms with Gasteiger partial charge in [0, 0.05) is 13.0 Å². The van der Waals surface area contributed by atoms with E-state index >= 15 is 0 Å². The Kier molecular flexibility index (Phi) is 19.5. The Hall–Kier alpha value is -1.41. The number of carbonyl (C=O) groups is 1. The van der Waals surface area contributed by atoms with Crippen molar-refractivity contribution in [2.24, 2.45) is 5.73 Å². The van der Waals surface area contributed by atoms with Crippen LogP contribution < -0.4 is 11.1 Å². The number of rotatable bonds is 20. The standard InChI is InChI=1S/C33H60N2O22/c34-6-3-1-2-5-17(37)35-7-4-8-50-30-26(46)23(43)19(39)14(55-30)10-52-32-28(48)25(45)21(41)16(57-32)12-53-33-29(49)24(44)20(40)15(56-33)11-51-31-27(47)22(42)18(38)13(9-36)54-31/h13-16,18-33,36,38-49H,1-12,34H2,(H,35,37)/t13-,14-,15-,16-,18-,19-,20-,21-,22+,23+,24+,25+,26-,27-,28-,29-,30-,31-,32-,33+/m1/s1. The lowest BCUT2D eigenvalue weighted by molar-refractivity contribution is -0.347. The van der Waals surface area contributed by atoms with Crippen molar-refractivity contribution in [1.29, 1.82) is 0 Å². The number of amides is 1. The normalized spacial score (nSPS) is 44.2. The summed E-state index contributed by atoms with van der Waals surface area (Å²) in [5.74, 6) is -0.138. The molecule has 4 aliphatic rings. The molecule has 4 saturated heterocycles. The highest BCUT2D eigenvalue weighted by Gasteiger charge is 2.50. The van der Waals surface area contributed by atoms with Crippen molar-refractivity contribution in [3.05, 3.63) is 0 Å². The fraction of sp³-hybridized carbons (Fsp3) is 0.970. The molecule has 4 aliphatic heterocycles. The number of aliphatic hydroxyl groups excluding tert-OH is 13. The molecule has 0 bridgehead atoms. The molecule has 0 aliphatic carbocycles. The fourth-order valence-electron chi connectivity index (χ4n) is 6.54. The van der Waals surface area contributed by atoms with Crippen LogP contribution in [0.15, 0.2) is 0 Å². The highest BCUT2D eigenvalue weighted by molar-refractivity contribution is 5.75. The average Bonchev–Trinajstić information content (AvgIpc) is 3.20. The Morgan fingerprint density at radius 1 is 0.474 bits per heavy atom. The van der Waals surface area contributed by atoms with Crippen LogP contribution in [0.3, 0.4) is 0 Å². The van der Waals surface area contributed by atoms with E-state index in [2.05, 4.69) is 5.32 Å². The summed E-state index contributed by atoms with van der Waals surface area (Å²) in [6.45, 7) is -1.86. The predicted octanol–water partition coefficient (Wildman–Crippen LogP) is -8.70. The maximum atomic E-state index is 11.9. The second-order valence-corrected chi connectivity index (χ2v) is 14.4. The lowest BCUT2D eigenvalue weighted by Crippen LogP contribution is -2.63. The molecule has 0 aromatic heterocycles. The molecule has 24 heteroatoms. The van der Waals surface area contributed by atoms with Crippen LogP contribution in [0, 0.1) is 0 Å². The van der Waals surface area contributed by atoms with Gasteiger partial charge in [-0.1, -0.05) is 6.42 Å². The third-order valence-corrected chi connectivity index (χ3v) is 10.2. The fourth-order valence-corrected chi connectivity index (χ4v) is 6.54. The van der Waals surface area contributed by atoms with Gasteiger partial charge in [0.1, 0.15) is 97.7 Å². The summed E-state index contributed by atoms with van der Waals surface area (Å²) in [5.41, 5.74) is 5.44. The maximum Gasteiger partial charge on any atom is 0.219 e. The second kappa shape index (κ2) is 23.0. The van der Waals surface area contributed by atoms with Crippen LogP contribution in [0.4, 0.5) is 0 Å². The van der Waals surface area contributed by atoms with Gasteiger partial charge in [-0.05, 0) is 25.8 Å². The molecule has 4 rings (SSSR count). The molecule has 0 spiro atoms. The van der Waals surface area contributed by atoms with E-state index in [4.69, 9.17) is 43.6 Å². The summed E-state index contributed by atoms with van der Waals surface area (Å²) in [4.78, 5) is 11.9. The Labute approximate surface area is 327 Å². The minimum Gasteiger partial charge on any atom is -0.394 e. The molecular formula is C33H60N2O22. The summed E-state index contributed by atoms with van der Waals surface area (Å²) >= 11 is 0. The van der Waals surface area contributed by atoms with Gasteiger partial charge in [-0.3, -0.25) is 4.79 Å². The highest BCUT2D eigenvalue weighted by atomic mass is 16.8. The first kappa shape index (κ1) is 48.3. The van der Waals surface area contributed by atoms with Crippen LogP contribution >= 0.6 is 0 Å². The minimum atomic E-state index is -1.89. The van der Waals surface area contributed by atoms with Gasteiger partial charge < -0.3 is 115 Å². The first-order chi connectivity index (χ1) is 27.1. The van der Waals surface area contributed by atoms with E-state index in [1.807, 2.05) is 0 Å². The summed E-state index contributed by atoms with van der Waals surface area (Å²) in [7, 11) is 0. The van der Waals surface area contributed by atoms with Crippen molar-refractivity contribution < 1.29 is 109 Å². The SMILES string of the molecule is NCCCCCC(=O)NCCCO[C@@H]1O[C@H](CO[C@@H]2O[C@H](CO[C@H]3O[C@H](CO[C@@H]4O[C@H](CO)[C@@H](O)[C@H](O)[C@H]4O)[C@@H](O)[C@H](O)[C@H]3O)[C@@H](O)[C@H](O)[C@H]2O)[C@@H](O)[C@H](O)[C@H]1O. The lowest BCUT2D eigenvalue weighted by atomic mass is 9.98. The van der Waals surface area contributed by atoms with E-state index in [9.17, 15) is 71.2 Å². The van der Waals surface area contributed by atoms with E-state index in [1.165, 1.54) is 0 Å². The van der Waals surface area contributed by atoms with Crippen LogP contribution in [0.1, 0.15) is 32.1 Å². The number of ether oxygens (including phenoxy) is 8. The molecule has 4 fully saturated rings. The molecule has 24 nitrogen and oxygen atoms in total. The monoisotopic (exact) mass is 836 g/mol. The molecule has 57 heavy (non-hydrogen) atoms. The van der Waals surface area contributed by atoms with Gasteiger partial charge in [0.25, 0.3) is 0 Å². The predicted molar refractivity (Wildman–Crippen MR) is 183 cm³/mol. The molecule has 0 radical (unpaired) electrons. The first-order valence-electron chi connectivity index (χ1n) is 18.9. The number of aliphatic hydroxyl groups is 13. The van der Waals surface area contributed by atoms with Crippen molar-refractivity contribution in [2.75, 3.05) is 46.1 Å². The molecule has 0 saturated carbocycles. The molecule has 0 aromatic carbocycles. The lowest BCUT2D eigenvalue weighted by Gasteiger charge is -2.44. The largest absolute Gasteiger partial charge is 0.394 e. The van der Waals surface area contributed by atoms with Crippen LogP contribution in [0.2, 0.25) is 0 Å². The smallest absolute Gasteiger partial charge is 0.219 e. The third-order valence-electron chi connectivity index (χ3n) is 10.2. The van der Waals surface area contributed by atoms with Gasteiger partial charge in [0.15, 0.2) is 25.2 Å². The Morgan fingerprint density at radius 2 is 0.842 bits per heavy atom. The van der Waals surface area contributed by atoms with Gasteiger partial charge >= 0.3 is 0 Å². The number of nitrogens with two attached hydrogens (primary N) is 1. The van der Waals surface area contributed by atoms with Crippen LogP contribution in [0.25, 0.3) is 0 Å².